The van der Waals surface area contributed by atoms with Gasteiger partial charge >= 0.3 is 0 Å². The molecule has 2 nitrogen and oxygen atoms in total. The number of hydrogen-bond acceptors (Lipinski definition) is 1. The van der Waals surface area contributed by atoms with Crippen LogP contribution in [0.1, 0.15) is 43.4 Å². The van der Waals surface area contributed by atoms with Gasteiger partial charge in [0.05, 0.1) is 16.7 Å². The summed E-state index contributed by atoms with van der Waals surface area (Å²) in [4.78, 5) is 2.40. The number of hydrogen-bond donors (Lipinski definition) is 0. The van der Waals surface area contributed by atoms with Crippen LogP contribution in [0.15, 0.2) is 133 Å². The summed E-state index contributed by atoms with van der Waals surface area (Å²) in [7, 11) is 0. The van der Waals surface area contributed by atoms with Crippen LogP contribution in [0.2, 0.25) is 0 Å². The number of benzene rings is 5. The van der Waals surface area contributed by atoms with Crippen LogP contribution in [0.25, 0.3) is 33.1 Å². The minimum atomic E-state index is -0.0667. The van der Waals surface area contributed by atoms with E-state index < -0.39 is 0 Å². The third-order valence-corrected chi connectivity index (χ3v) is 9.02. The van der Waals surface area contributed by atoms with Gasteiger partial charge in [0.15, 0.2) is 0 Å². The van der Waals surface area contributed by atoms with Crippen molar-refractivity contribution in [2.45, 2.75) is 32.1 Å². The summed E-state index contributed by atoms with van der Waals surface area (Å²) in [5, 5.41) is 2.59. The van der Waals surface area contributed by atoms with Crippen molar-refractivity contribution in [2.24, 2.45) is 0 Å². The average Bonchev–Trinajstić information content (AvgIpc) is 3.36. The van der Waals surface area contributed by atoms with E-state index in [0.29, 0.717) is 0 Å². The maximum atomic E-state index is 2.49. The van der Waals surface area contributed by atoms with E-state index in [9.17, 15) is 0 Å². The molecule has 0 fully saturated rings. The van der Waals surface area contributed by atoms with Crippen LogP contribution in [0.4, 0.5) is 17.1 Å². The highest BCUT2D eigenvalue weighted by Crippen LogP contribution is 2.48. The SMILES string of the molecule is CC1(C)c2ccccc2-n2c3ccc(N(c4ccccc4)c4cccc(C5=CC=CCC5)c4)cc3c3cccc1c32. The summed E-state index contributed by atoms with van der Waals surface area (Å²) >= 11 is 0. The van der Waals surface area contributed by atoms with Crippen molar-refractivity contribution in [3.63, 3.8) is 0 Å². The first-order valence-corrected chi connectivity index (χ1v) is 14.6. The van der Waals surface area contributed by atoms with Gasteiger partial charge in [0.25, 0.3) is 0 Å². The maximum absolute atomic E-state index is 2.49. The fraction of sp³-hybridized carbons (Fsp3) is 0.128. The lowest BCUT2D eigenvalue weighted by molar-refractivity contribution is 0.630. The first-order valence-electron chi connectivity index (χ1n) is 14.6. The van der Waals surface area contributed by atoms with Crippen LogP contribution >= 0.6 is 0 Å². The Morgan fingerprint density at radius 1 is 0.659 bits per heavy atom. The van der Waals surface area contributed by atoms with Gasteiger partial charge in [-0.1, -0.05) is 98.8 Å². The normalized spacial score (nSPS) is 15.1. The summed E-state index contributed by atoms with van der Waals surface area (Å²) in [6, 6.07) is 42.5. The van der Waals surface area contributed by atoms with Gasteiger partial charge in [-0.05, 0) is 83.6 Å². The van der Waals surface area contributed by atoms with E-state index in [1.165, 1.54) is 55.4 Å². The second kappa shape index (κ2) is 9.11. The summed E-state index contributed by atoms with van der Waals surface area (Å²) in [5.41, 5.74) is 12.7. The molecule has 8 rings (SSSR count). The Morgan fingerprint density at radius 2 is 1.41 bits per heavy atom. The van der Waals surface area contributed by atoms with Crippen molar-refractivity contribution >= 4 is 44.4 Å². The molecule has 5 aromatic carbocycles. The smallest absolute Gasteiger partial charge is 0.0582 e. The molecule has 0 bridgehead atoms. The number of nitrogens with zero attached hydrogens (tertiary/aromatic N) is 2. The first-order chi connectivity index (χ1) is 20.1. The average molecular weight is 529 g/mol. The predicted molar refractivity (Wildman–Crippen MR) is 174 cm³/mol. The molecule has 0 spiro atoms. The lowest BCUT2D eigenvalue weighted by Gasteiger charge is -2.34. The van der Waals surface area contributed by atoms with E-state index in [2.05, 4.69) is 157 Å². The molecule has 2 heterocycles. The predicted octanol–water partition coefficient (Wildman–Crippen LogP) is 10.6. The van der Waals surface area contributed by atoms with Gasteiger partial charge in [-0.2, -0.15) is 0 Å². The number of anilines is 3. The molecular weight excluding hydrogens is 496 g/mol. The molecule has 2 aliphatic rings. The largest absolute Gasteiger partial charge is 0.310 e. The highest BCUT2D eigenvalue weighted by molar-refractivity contribution is 6.12. The van der Waals surface area contributed by atoms with Crippen LogP contribution in [-0.2, 0) is 5.41 Å². The second-order valence-corrected chi connectivity index (χ2v) is 11.8. The molecule has 0 N–H and O–H groups in total. The van der Waals surface area contributed by atoms with Gasteiger partial charge in [-0.25, -0.2) is 0 Å². The van der Waals surface area contributed by atoms with E-state index >= 15 is 0 Å². The van der Waals surface area contributed by atoms with Crippen molar-refractivity contribution < 1.29 is 0 Å². The quantitative estimate of drug-likeness (QED) is 0.221. The van der Waals surface area contributed by atoms with Crippen molar-refractivity contribution in [1.29, 1.82) is 0 Å². The van der Waals surface area contributed by atoms with E-state index in [-0.39, 0.29) is 5.41 Å². The Hall–Kier alpha value is -4.82. The lowest BCUT2D eigenvalue weighted by Crippen LogP contribution is -2.26. The van der Waals surface area contributed by atoms with Crippen LogP contribution in [-0.4, -0.2) is 4.57 Å². The highest BCUT2D eigenvalue weighted by Gasteiger charge is 2.34. The molecule has 6 aromatic rings. The topological polar surface area (TPSA) is 8.17 Å². The van der Waals surface area contributed by atoms with Gasteiger partial charge in [-0.3, -0.25) is 0 Å². The molecule has 2 heteroatoms. The van der Waals surface area contributed by atoms with Crippen molar-refractivity contribution in [3.05, 3.63) is 150 Å². The zero-order chi connectivity index (χ0) is 27.6. The van der Waals surface area contributed by atoms with Crippen LogP contribution in [0.3, 0.4) is 0 Å². The Bertz CT molecular complexity index is 2020. The monoisotopic (exact) mass is 528 g/mol. The molecular formula is C39H32N2. The zero-order valence-electron chi connectivity index (χ0n) is 23.5. The van der Waals surface area contributed by atoms with Crippen molar-refractivity contribution in [3.8, 4) is 5.69 Å². The molecule has 0 unspecified atom stereocenters. The zero-order valence-corrected chi connectivity index (χ0v) is 23.5. The molecule has 1 aliphatic heterocycles. The van der Waals surface area contributed by atoms with E-state index in [4.69, 9.17) is 0 Å². The van der Waals surface area contributed by atoms with Crippen LogP contribution < -0.4 is 4.90 Å². The molecule has 41 heavy (non-hydrogen) atoms. The van der Waals surface area contributed by atoms with Crippen molar-refractivity contribution in [2.75, 3.05) is 4.90 Å². The minimum absolute atomic E-state index is 0.0667. The van der Waals surface area contributed by atoms with Crippen molar-refractivity contribution in [1.82, 2.24) is 4.57 Å². The van der Waals surface area contributed by atoms with Crippen LogP contribution in [0.5, 0.6) is 0 Å². The summed E-state index contributed by atoms with van der Waals surface area (Å²) in [6.45, 7) is 4.71. The Balaban J connectivity index is 1.37. The van der Waals surface area contributed by atoms with Gasteiger partial charge in [-0.15, -0.1) is 0 Å². The number of aromatic nitrogens is 1. The molecule has 198 valence electrons. The molecule has 1 aromatic heterocycles. The molecule has 0 radical (unpaired) electrons. The third-order valence-electron chi connectivity index (χ3n) is 9.02. The number of para-hydroxylation sites is 3. The Morgan fingerprint density at radius 3 is 2.27 bits per heavy atom. The van der Waals surface area contributed by atoms with Gasteiger partial charge < -0.3 is 9.47 Å². The Labute approximate surface area is 241 Å². The lowest BCUT2D eigenvalue weighted by atomic mass is 9.75. The molecule has 0 atom stereocenters. The standard InChI is InChI=1S/C39H32N2/c1-39(2)34-20-9-10-22-37(34)41-36-24-23-31(26-33(36)32-19-12-21-35(39)38(32)41)40(29-16-7-4-8-17-29)30-18-11-15-28(25-30)27-13-5-3-6-14-27/h3-5,7-13,15-26H,6,14H2,1-2H3. The molecule has 0 saturated carbocycles. The number of rotatable bonds is 4. The summed E-state index contributed by atoms with van der Waals surface area (Å²) in [5.74, 6) is 0. The Kier molecular flexibility index (Phi) is 5.33. The highest BCUT2D eigenvalue weighted by atomic mass is 15.1. The van der Waals surface area contributed by atoms with Gasteiger partial charge in [0.1, 0.15) is 0 Å². The van der Waals surface area contributed by atoms with E-state index in [0.717, 1.165) is 24.2 Å². The third kappa shape index (κ3) is 3.64. The summed E-state index contributed by atoms with van der Waals surface area (Å²) < 4.78 is 2.49. The molecule has 0 amide bonds. The maximum Gasteiger partial charge on any atom is 0.0582 e. The fourth-order valence-corrected chi connectivity index (χ4v) is 7.00. The fourth-order valence-electron chi connectivity index (χ4n) is 7.00. The van der Waals surface area contributed by atoms with E-state index in [1.807, 2.05) is 0 Å². The van der Waals surface area contributed by atoms with E-state index in [1.54, 1.807) is 0 Å². The summed E-state index contributed by atoms with van der Waals surface area (Å²) in [6.07, 6.45) is 8.87. The number of fused-ring (bicyclic) bond motifs is 5. The van der Waals surface area contributed by atoms with Gasteiger partial charge in [0, 0.05) is 33.2 Å². The number of allylic oxidation sites excluding steroid dienone is 4. The van der Waals surface area contributed by atoms with Crippen LogP contribution in [0, 0.1) is 0 Å². The minimum Gasteiger partial charge on any atom is -0.310 e. The molecule has 1 aliphatic carbocycles. The van der Waals surface area contributed by atoms with Gasteiger partial charge in [0.2, 0.25) is 0 Å². The second-order valence-electron chi connectivity index (χ2n) is 11.8. The molecule has 0 saturated heterocycles. The first kappa shape index (κ1) is 24.0.